The maximum absolute atomic E-state index is 12.5. The van der Waals surface area contributed by atoms with Gasteiger partial charge in [0.2, 0.25) is 0 Å². The van der Waals surface area contributed by atoms with Gasteiger partial charge in [0.15, 0.2) is 5.82 Å². The molecule has 0 saturated carbocycles. The molecule has 2 heterocycles. The van der Waals surface area contributed by atoms with E-state index < -0.39 is 24.6 Å². The Balaban J connectivity index is 1.61. The predicted octanol–water partition coefficient (Wildman–Crippen LogP) is 3.27. The molecular formula is C23H23F3N4O3. The van der Waals surface area contributed by atoms with E-state index in [1.807, 2.05) is 30.0 Å². The monoisotopic (exact) mass is 460 g/mol. The summed E-state index contributed by atoms with van der Waals surface area (Å²) in [5.41, 5.74) is 2.17. The Bertz CT molecular complexity index is 1180. The molecule has 1 amide bonds. The summed E-state index contributed by atoms with van der Waals surface area (Å²) in [6.07, 6.45) is -8.28. The molecule has 0 spiro atoms. The van der Waals surface area contributed by atoms with Gasteiger partial charge in [-0.2, -0.15) is 13.2 Å². The van der Waals surface area contributed by atoms with Gasteiger partial charge in [-0.05, 0) is 36.8 Å². The first-order valence-electron chi connectivity index (χ1n) is 10.5. The Morgan fingerprint density at radius 3 is 2.45 bits per heavy atom. The molecule has 10 heteroatoms. The fourth-order valence-electron chi connectivity index (χ4n) is 3.90. The van der Waals surface area contributed by atoms with Crippen molar-refractivity contribution in [2.75, 3.05) is 31.1 Å². The molecule has 4 rings (SSSR count). The number of aromatic nitrogens is 2. The molecule has 3 aromatic rings. The standard InChI is InChI=1S/C23H23F3N4O3/c1-14-6-7-15-17(12-14)27-20(16-4-2-3-5-18(16)31)28-21(15)29-8-10-30(11-9-29)22(33)19(32)13-23(24,25)26/h2-7,12,19,31-32H,8-11,13H2,1H3. The van der Waals surface area contributed by atoms with Gasteiger partial charge in [-0.25, -0.2) is 9.97 Å². The molecule has 0 bridgehead atoms. The minimum Gasteiger partial charge on any atom is -0.507 e. The van der Waals surface area contributed by atoms with E-state index in [1.54, 1.807) is 24.3 Å². The third kappa shape index (κ3) is 5.00. The van der Waals surface area contributed by atoms with Crippen LogP contribution >= 0.6 is 0 Å². The van der Waals surface area contributed by atoms with Crippen molar-refractivity contribution < 1.29 is 28.2 Å². The summed E-state index contributed by atoms with van der Waals surface area (Å²) >= 11 is 0. The van der Waals surface area contributed by atoms with Crippen LogP contribution in [0.1, 0.15) is 12.0 Å². The molecule has 1 atom stereocenters. The van der Waals surface area contributed by atoms with Crippen molar-refractivity contribution in [3.05, 3.63) is 48.0 Å². The van der Waals surface area contributed by atoms with Crippen LogP contribution in [-0.2, 0) is 4.79 Å². The van der Waals surface area contributed by atoms with Crippen LogP contribution in [0.25, 0.3) is 22.3 Å². The van der Waals surface area contributed by atoms with Crippen LogP contribution < -0.4 is 4.90 Å². The van der Waals surface area contributed by atoms with E-state index in [0.717, 1.165) is 10.9 Å². The van der Waals surface area contributed by atoms with E-state index >= 15 is 0 Å². The number of fused-ring (bicyclic) bond motifs is 1. The lowest BCUT2D eigenvalue weighted by atomic mass is 10.1. The van der Waals surface area contributed by atoms with Crippen molar-refractivity contribution in [2.45, 2.75) is 25.6 Å². The number of hydrogen-bond acceptors (Lipinski definition) is 6. The van der Waals surface area contributed by atoms with Gasteiger partial charge in [0.1, 0.15) is 17.7 Å². The minimum absolute atomic E-state index is 0.0459. The number of amides is 1. The second kappa shape index (κ2) is 8.86. The van der Waals surface area contributed by atoms with Gasteiger partial charge >= 0.3 is 6.18 Å². The number of para-hydroxylation sites is 1. The number of benzene rings is 2. The first kappa shape index (κ1) is 22.8. The maximum atomic E-state index is 12.5. The van der Waals surface area contributed by atoms with E-state index in [-0.39, 0.29) is 18.8 Å². The molecule has 7 nitrogen and oxygen atoms in total. The van der Waals surface area contributed by atoms with Gasteiger partial charge in [-0.1, -0.05) is 18.2 Å². The number of rotatable bonds is 4. The number of carbonyl (C=O) groups is 1. The topological polar surface area (TPSA) is 89.8 Å². The SMILES string of the molecule is Cc1ccc2c(N3CCN(C(=O)C(O)CC(F)(F)F)CC3)nc(-c3ccccc3O)nc2c1. The van der Waals surface area contributed by atoms with E-state index in [9.17, 15) is 28.2 Å². The summed E-state index contributed by atoms with van der Waals surface area (Å²) in [5.74, 6) is 0.0797. The van der Waals surface area contributed by atoms with Crippen LogP contribution in [-0.4, -0.2) is 69.4 Å². The number of anilines is 1. The van der Waals surface area contributed by atoms with Crippen molar-refractivity contribution in [1.82, 2.24) is 14.9 Å². The molecule has 1 saturated heterocycles. The van der Waals surface area contributed by atoms with Crippen LogP contribution in [0, 0.1) is 6.92 Å². The van der Waals surface area contributed by atoms with Gasteiger partial charge in [-0.15, -0.1) is 0 Å². The molecule has 0 radical (unpaired) electrons. The number of hydrogen-bond donors (Lipinski definition) is 2. The summed E-state index contributed by atoms with van der Waals surface area (Å²) in [6, 6.07) is 12.5. The smallest absolute Gasteiger partial charge is 0.392 e. The summed E-state index contributed by atoms with van der Waals surface area (Å²) in [4.78, 5) is 24.7. The second-order valence-electron chi connectivity index (χ2n) is 8.06. The fourth-order valence-corrected chi connectivity index (χ4v) is 3.90. The number of aliphatic hydroxyl groups is 1. The largest absolute Gasteiger partial charge is 0.507 e. The van der Waals surface area contributed by atoms with Crippen LogP contribution in [0.3, 0.4) is 0 Å². The van der Waals surface area contributed by atoms with E-state index in [4.69, 9.17) is 4.98 Å². The number of aliphatic hydroxyl groups excluding tert-OH is 1. The first-order chi connectivity index (χ1) is 15.6. The molecule has 1 aliphatic rings. The Labute approximate surface area is 188 Å². The molecule has 174 valence electrons. The average Bonchev–Trinajstić information content (AvgIpc) is 2.77. The highest BCUT2D eigenvalue weighted by Gasteiger charge is 2.37. The number of phenolic OH excluding ortho intramolecular Hbond substituents is 1. The lowest BCUT2D eigenvalue weighted by Gasteiger charge is -2.36. The number of halogens is 3. The van der Waals surface area contributed by atoms with Crippen molar-refractivity contribution in [3.63, 3.8) is 0 Å². The lowest BCUT2D eigenvalue weighted by molar-refractivity contribution is -0.168. The zero-order valence-corrected chi connectivity index (χ0v) is 17.9. The van der Waals surface area contributed by atoms with Gasteiger partial charge in [0, 0.05) is 31.6 Å². The molecule has 1 unspecified atom stereocenters. The second-order valence-corrected chi connectivity index (χ2v) is 8.06. The third-order valence-electron chi connectivity index (χ3n) is 5.58. The number of phenols is 1. The van der Waals surface area contributed by atoms with Crippen LogP contribution in [0.15, 0.2) is 42.5 Å². The van der Waals surface area contributed by atoms with Gasteiger partial charge in [0.05, 0.1) is 17.5 Å². The third-order valence-corrected chi connectivity index (χ3v) is 5.58. The van der Waals surface area contributed by atoms with Crippen LogP contribution in [0.5, 0.6) is 5.75 Å². The maximum Gasteiger partial charge on any atom is 0.392 e. The van der Waals surface area contributed by atoms with Crippen molar-refractivity contribution in [2.24, 2.45) is 0 Å². The van der Waals surface area contributed by atoms with Gasteiger partial charge in [-0.3, -0.25) is 4.79 Å². The average molecular weight is 460 g/mol. The number of aryl methyl sites for hydroxylation is 1. The Morgan fingerprint density at radius 1 is 1.09 bits per heavy atom. The van der Waals surface area contributed by atoms with E-state index in [1.165, 1.54) is 4.90 Å². The summed E-state index contributed by atoms with van der Waals surface area (Å²) in [6.45, 7) is 2.89. The number of alkyl halides is 3. The molecule has 2 N–H and O–H groups in total. The summed E-state index contributed by atoms with van der Waals surface area (Å²) < 4.78 is 37.6. The molecule has 0 aliphatic carbocycles. The predicted molar refractivity (Wildman–Crippen MR) is 117 cm³/mol. The molecule has 1 aliphatic heterocycles. The zero-order chi connectivity index (χ0) is 23.8. The fraction of sp³-hybridized carbons (Fsp3) is 0.348. The zero-order valence-electron chi connectivity index (χ0n) is 17.9. The molecular weight excluding hydrogens is 437 g/mol. The highest BCUT2D eigenvalue weighted by Crippen LogP contribution is 2.32. The van der Waals surface area contributed by atoms with E-state index in [2.05, 4.69) is 4.98 Å². The summed E-state index contributed by atoms with van der Waals surface area (Å²) in [5, 5.41) is 20.7. The Kier molecular flexibility index (Phi) is 6.11. The number of carbonyl (C=O) groups excluding carboxylic acids is 1. The van der Waals surface area contributed by atoms with Crippen molar-refractivity contribution in [3.8, 4) is 17.1 Å². The number of aromatic hydroxyl groups is 1. The number of nitrogens with zero attached hydrogens (tertiary/aromatic N) is 4. The highest BCUT2D eigenvalue weighted by molar-refractivity contribution is 5.92. The first-order valence-corrected chi connectivity index (χ1v) is 10.5. The quantitative estimate of drug-likeness (QED) is 0.621. The number of piperazine rings is 1. The lowest BCUT2D eigenvalue weighted by Crippen LogP contribution is -2.52. The Hall–Kier alpha value is -3.40. The molecule has 33 heavy (non-hydrogen) atoms. The highest BCUT2D eigenvalue weighted by atomic mass is 19.4. The normalized spacial score (nSPS) is 15.7. The molecule has 1 aromatic heterocycles. The Morgan fingerprint density at radius 2 is 1.79 bits per heavy atom. The van der Waals surface area contributed by atoms with Gasteiger partial charge in [0.25, 0.3) is 5.91 Å². The molecule has 1 fully saturated rings. The van der Waals surface area contributed by atoms with Crippen LogP contribution in [0.2, 0.25) is 0 Å². The van der Waals surface area contributed by atoms with Crippen molar-refractivity contribution in [1.29, 1.82) is 0 Å². The van der Waals surface area contributed by atoms with Crippen LogP contribution in [0.4, 0.5) is 19.0 Å². The van der Waals surface area contributed by atoms with E-state index in [0.29, 0.717) is 35.8 Å². The minimum atomic E-state index is -4.62. The summed E-state index contributed by atoms with van der Waals surface area (Å²) in [7, 11) is 0. The van der Waals surface area contributed by atoms with Gasteiger partial charge < -0.3 is 20.0 Å². The van der Waals surface area contributed by atoms with Crippen molar-refractivity contribution >= 4 is 22.6 Å². The molecule has 2 aromatic carbocycles.